The number of nitrogens with zero attached hydrogens (tertiary/aromatic N) is 2. The molecule has 0 atom stereocenters. The molecule has 1 aromatic rings. The molecule has 3 N–H and O–H groups in total. The Bertz CT molecular complexity index is 474. The van der Waals surface area contributed by atoms with Gasteiger partial charge in [0.05, 0.1) is 10.6 Å². The molecule has 1 aliphatic rings. The maximum Gasteiger partial charge on any atom is 0.250 e. The van der Waals surface area contributed by atoms with E-state index in [0.717, 1.165) is 45.0 Å². The fourth-order valence-corrected chi connectivity index (χ4v) is 2.56. The number of nitrogens with one attached hydrogen (secondary N) is 1. The van der Waals surface area contributed by atoms with Gasteiger partial charge in [0.25, 0.3) is 0 Å². The van der Waals surface area contributed by atoms with Crippen LogP contribution in [-0.4, -0.2) is 57.1 Å². The van der Waals surface area contributed by atoms with E-state index >= 15 is 0 Å². The molecule has 1 aromatic carbocycles. The van der Waals surface area contributed by atoms with Crippen molar-refractivity contribution in [3.05, 3.63) is 28.8 Å². The molecule has 2 rings (SSSR count). The smallest absolute Gasteiger partial charge is 0.250 e. The number of benzene rings is 1. The summed E-state index contributed by atoms with van der Waals surface area (Å²) in [4.78, 5) is 15.7. The fourth-order valence-electron chi connectivity index (χ4n) is 2.30. The van der Waals surface area contributed by atoms with Gasteiger partial charge in [0, 0.05) is 52.0 Å². The van der Waals surface area contributed by atoms with Crippen LogP contribution < -0.4 is 16.0 Å². The summed E-state index contributed by atoms with van der Waals surface area (Å²) in [6.07, 6.45) is 0. The van der Waals surface area contributed by atoms with Gasteiger partial charge in [0.15, 0.2) is 0 Å². The molecule has 20 heavy (non-hydrogen) atoms. The van der Waals surface area contributed by atoms with Crippen molar-refractivity contribution < 1.29 is 4.79 Å². The molecule has 1 heterocycles. The molecule has 0 unspecified atom stereocenters. The lowest BCUT2D eigenvalue weighted by Gasteiger charge is -2.29. The molecule has 0 spiro atoms. The molecule has 0 radical (unpaired) electrons. The number of halogens is 1. The Morgan fingerprint density at radius 3 is 2.75 bits per heavy atom. The van der Waals surface area contributed by atoms with Crippen molar-refractivity contribution in [2.45, 2.75) is 0 Å². The number of piperazine rings is 1. The summed E-state index contributed by atoms with van der Waals surface area (Å²) in [6.45, 7) is 6.25. The summed E-state index contributed by atoms with van der Waals surface area (Å²) in [5.41, 5.74) is 6.61. The zero-order valence-electron chi connectivity index (χ0n) is 11.7. The summed E-state index contributed by atoms with van der Waals surface area (Å²) in [6, 6.07) is 5.35. The lowest BCUT2D eigenvalue weighted by molar-refractivity contribution is 0.100. The largest absolute Gasteiger partial charge is 0.373 e. The third-order valence-corrected chi connectivity index (χ3v) is 3.93. The van der Waals surface area contributed by atoms with Crippen LogP contribution in [0.3, 0.4) is 0 Å². The normalized spacial score (nSPS) is 16.1. The van der Waals surface area contributed by atoms with Crippen LogP contribution in [0.15, 0.2) is 18.2 Å². The molecular formula is C14H21ClN4O. The second-order valence-corrected chi connectivity index (χ2v) is 5.45. The number of hydrogen-bond donors (Lipinski definition) is 2. The van der Waals surface area contributed by atoms with Gasteiger partial charge in [-0.05, 0) is 18.2 Å². The molecular weight excluding hydrogens is 276 g/mol. The van der Waals surface area contributed by atoms with Gasteiger partial charge in [-0.15, -0.1) is 0 Å². The number of anilines is 1. The predicted molar refractivity (Wildman–Crippen MR) is 82.5 cm³/mol. The van der Waals surface area contributed by atoms with Crippen LogP contribution in [0.5, 0.6) is 0 Å². The van der Waals surface area contributed by atoms with E-state index in [9.17, 15) is 4.79 Å². The number of carbonyl (C=O) groups excluding carboxylic acids is 1. The molecule has 1 amide bonds. The van der Waals surface area contributed by atoms with Crippen molar-refractivity contribution in [1.29, 1.82) is 0 Å². The standard InChI is InChI=1S/C14H21ClN4O/c1-18(8-9-19-6-4-17-5-7-19)11-2-3-12(14(16)20)13(15)10-11/h2-3,10,17H,4-9H2,1H3,(H2,16,20). The third-order valence-electron chi connectivity index (χ3n) is 3.62. The highest BCUT2D eigenvalue weighted by molar-refractivity contribution is 6.34. The van der Waals surface area contributed by atoms with Crippen LogP contribution in [0.1, 0.15) is 10.4 Å². The van der Waals surface area contributed by atoms with Crippen LogP contribution >= 0.6 is 11.6 Å². The van der Waals surface area contributed by atoms with Gasteiger partial charge in [-0.25, -0.2) is 0 Å². The van der Waals surface area contributed by atoms with Crippen molar-refractivity contribution in [2.75, 3.05) is 51.2 Å². The highest BCUT2D eigenvalue weighted by Crippen LogP contribution is 2.22. The zero-order chi connectivity index (χ0) is 14.5. The second kappa shape index (κ2) is 6.92. The van der Waals surface area contributed by atoms with Gasteiger partial charge in [0.2, 0.25) is 5.91 Å². The van der Waals surface area contributed by atoms with Gasteiger partial charge >= 0.3 is 0 Å². The van der Waals surface area contributed by atoms with Crippen molar-refractivity contribution in [3.63, 3.8) is 0 Å². The first-order valence-electron chi connectivity index (χ1n) is 6.81. The number of likely N-dealkylation sites (N-methyl/N-ethyl adjacent to an activating group) is 1. The minimum Gasteiger partial charge on any atom is -0.373 e. The van der Waals surface area contributed by atoms with Crippen molar-refractivity contribution in [2.24, 2.45) is 5.73 Å². The summed E-state index contributed by atoms with van der Waals surface area (Å²) < 4.78 is 0. The first kappa shape index (κ1) is 15.1. The van der Waals surface area contributed by atoms with Gasteiger partial charge in [-0.3, -0.25) is 9.69 Å². The van der Waals surface area contributed by atoms with Gasteiger partial charge in [0.1, 0.15) is 0 Å². The quantitative estimate of drug-likeness (QED) is 0.843. The van der Waals surface area contributed by atoms with Crippen LogP contribution in [0.25, 0.3) is 0 Å². The van der Waals surface area contributed by atoms with E-state index in [4.69, 9.17) is 17.3 Å². The summed E-state index contributed by atoms with van der Waals surface area (Å²) >= 11 is 6.07. The van der Waals surface area contributed by atoms with Crippen molar-refractivity contribution in [3.8, 4) is 0 Å². The lowest BCUT2D eigenvalue weighted by atomic mass is 10.2. The minimum atomic E-state index is -0.495. The van der Waals surface area contributed by atoms with E-state index in [2.05, 4.69) is 15.1 Å². The Morgan fingerprint density at radius 1 is 1.45 bits per heavy atom. The van der Waals surface area contributed by atoms with Gasteiger partial charge in [-0.2, -0.15) is 0 Å². The summed E-state index contributed by atoms with van der Waals surface area (Å²) in [5, 5.41) is 3.75. The van der Waals surface area contributed by atoms with Crippen molar-refractivity contribution in [1.82, 2.24) is 10.2 Å². The molecule has 0 aromatic heterocycles. The molecule has 0 aliphatic carbocycles. The molecule has 1 fully saturated rings. The Labute approximate surface area is 124 Å². The number of amides is 1. The average Bonchev–Trinajstić information content (AvgIpc) is 2.45. The Hall–Kier alpha value is -1.30. The molecule has 0 bridgehead atoms. The average molecular weight is 297 g/mol. The van der Waals surface area contributed by atoms with E-state index in [0.29, 0.717) is 10.6 Å². The monoisotopic (exact) mass is 296 g/mol. The Balaban J connectivity index is 1.93. The van der Waals surface area contributed by atoms with E-state index in [1.54, 1.807) is 12.1 Å². The Kier molecular flexibility index (Phi) is 5.23. The zero-order valence-corrected chi connectivity index (χ0v) is 12.5. The molecule has 1 aliphatic heterocycles. The van der Waals surface area contributed by atoms with Gasteiger partial charge < -0.3 is 16.0 Å². The van der Waals surface area contributed by atoms with E-state index in [-0.39, 0.29) is 0 Å². The van der Waals surface area contributed by atoms with Gasteiger partial charge in [-0.1, -0.05) is 11.6 Å². The molecule has 5 nitrogen and oxygen atoms in total. The number of hydrogen-bond acceptors (Lipinski definition) is 4. The number of carbonyl (C=O) groups is 1. The van der Waals surface area contributed by atoms with E-state index < -0.39 is 5.91 Å². The maximum atomic E-state index is 11.1. The van der Waals surface area contributed by atoms with E-state index in [1.165, 1.54) is 0 Å². The number of nitrogens with two attached hydrogens (primary N) is 1. The maximum absolute atomic E-state index is 11.1. The second-order valence-electron chi connectivity index (χ2n) is 5.04. The van der Waals surface area contributed by atoms with Crippen molar-refractivity contribution >= 4 is 23.2 Å². The summed E-state index contributed by atoms with van der Waals surface area (Å²) in [5.74, 6) is -0.495. The molecule has 110 valence electrons. The third kappa shape index (κ3) is 3.85. The van der Waals surface area contributed by atoms with Crippen LogP contribution in [0, 0.1) is 0 Å². The van der Waals surface area contributed by atoms with E-state index in [1.807, 2.05) is 13.1 Å². The number of rotatable bonds is 5. The summed E-state index contributed by atoms with van der Waals surface area (Å²) in [7, 11) is 2.03. The molecule has 1 saturated heterocycles. The topological polar surface area (TPSA) is 61.6 Å². The minimum absolute atomic E-state index is 0.367. The SMILES string of the molecule is CN(CCN1CCNCC1)c1ccc(C(N)=O)c(Cl)c1. The van der Waals surface area contributed by atoms with Crippen LogP contribution in [-0.2, 0) is 0 Å². The first-order chi connectivity index (χ1) is 9.58. The highest BCUT2D eigenvalue weighted by Gasteiger charge is 2.12. The number of primary amides is 1. The fraction of sp³-hybridized carbons (Fsp3) is 0.500. The predicted octanol–water partition coefficient (Wildman–Crippen LogP) is 0.780. The molecule has 0 saturated carbocycles. The van der Waals surface area contributed by atoms with Crippen LogP contribution in [0.4, 0.5) is 5.69 Å². The van der Waals surface area contributed by atoms with Crippen LogP contribution in [0.2, 0.25) is 5.02 Å². The lowest BCUT2D eigenvalue weighted by Crippen LogP contribution is -2.46. The first-order valence-corrected chi connectivity index (χ1v) is 7.19. The highest BCUT2D eigenvalue weighted by atomic mass is 35.5. The molecule has 6 heteroatoms. The Morgan fingerprint density at radius 2 is 2.15 bits per heavy atom.